The predicted octanol–water partition coefficient (Wildman–Crippen LogP) is 3.64. The van der Waals surface area contributed by atoms with Gasteiger partial charge in [-0.1, -0.05) is 35.0 Å². The van der Waals surface area contributed by atoms with Crippen LogP contribution in [0.1, 0.15) is 25.3 Å². The fourth-order valence-corrected chi connectivity index (χ4v) is 2.71. The highest BCUT2D eigenvalue weighted by Gasteiger charge is 2.43. The minimum atomic E-state index is -0.205. The lowest BCUT2D eigenvalue weighted by Crippen LogP contribution is -2.38. The molecule has 0 atom stereocenters. The Bertz CT molecular complexity index is 386. The second-order valence-corrected chi connectivity index (χ2v) is 5.13. The molecule has 2 rings (SSSR count). The third-order valence-corrected chi connectivity index (χ3v) is 3.48. The SMILES string of the molecule is C[C@H]1C[C@@](C#N)(c2cccc(Br)c2)C1. The molecule has 0 aliphatic heterocycles. The van der Waals surface area contributed by atoms with Crippen molar-refractivity contribution in [2.24, 2.45) is 5.92 Å². The second kappa shape index (κ2) is 3.40. The van der Waals surface area contributed by atoms with Gasteiger partial charge in [0.2, 0.25) is 0 Å². The van der Waals surface area contributed by atoms with Gasteiger partial charge in [-0.05, 0) is 36.5 Å². The molecule has 0 radical (unpaired) electrons. The highest BCUT2D eigenvalue weighted by molar-refractivity contribution is 9.10. The van der Waals surface area contributed by atoms with Crippen LogP contribution in [0.4, 0.5) is 0 Å². The van der Waals surface area contributed by atoms with Crippen LogP contribution in [0.15, 0.2) is 28.7 Å². The third-order valence-electron chi connectivity index (χ3n) is 2.99. The molecule has 1 fully saturated rings. The molecule has 1 nitrogen and oxygen atoms in total. The van der Waals surface area contributed by atoms with Crippen LogP contribution >= 0.6 is 15.9 Å². The van der Waals surface area contributed by atoms with Gasteiger partial charge in [-0.15, -0.1) is 0 Å². The summed E-state index contributed by atoms with van der Waals surface area (Å²) in [6.45, 7) is 2.20. The van der Waals surface area contributed by atoms with Crippen LogP contribution < -0.4 is 0 Å². The first-order valence-electron chi connectivity index (χ1n) is 4.83. The summed E-state index contributed by atoms with van der Waals surface area (Å²) >= 11 is 3.44. The molecular formula is C12H12BrN. The Hall–Kier alpha value is -0.810. The van der Waals surface area contributed by atoms with Crippen molar-refractivity contribution in [2.45, 2.75) is 25.2 Å². The number of hydrogen-bond acceptors (Lipinski definition) is 1. The zero-order chi connectivity index (χ0) is 10.2. The monoisotopic (exact) mass is 249 g/mol. The summed E-state index contributed by atoms with van der Waals surface area (Å²) in [6.07, 6.45) is 2.00. The molecular weight excluding hydrogens is 238 g/mol. The van der Waals surface area contributed by atoms with Crippen LogP contribution in [-0.2, 0) is 5.41 Å². The van der Waals surface area contributed by atoms with Crippen molar-refractivity contribution < 1.29 is 0 Å². The summed E-state index contributed by atoms with van der Waals surface area (Å²) in [7, 11) is 0. The molecule has 2 heteroatoms. The minimum absolute atomic E-state index is 0.205. The minimum Gasteiger partial charge on any atom is -0.197 e. The molecule has 0 spiro atoms. The Labute approximate surface area is 92.9 Å². The van der Waals surface area contributed by atoms with Crippen molar-refractivity contribution in [2.75, 3.05) is 0 Å². The van der Waals surface area contributed by atoms with Crippen LogP contribution in [-0.4, -0.2) is 0 Å². The van der Waals surface area contributed by atoms with E-state index >= 15 is 0 Å². The van der Waals surface area contributed by atoms with Crippen molar-refractivity contribution in [3.63, 3.8) is 0 Å². The van der Waals surface area contributed by atoms with Crippen LogP contribution in [0.5, 0.6) is 0 Å². The number of nitriles is 1. The Morgan fingerprint density at radius 3 is 2.71 bits per heavy atom. The van der Waals surface area contributed by atoms with Gasteiger partial charge in [-0.3, -0.25) is 0 Å². The lowest BCUT2D eigenvalue weighted by atomic mass is 9.60. The fourth-order valence-electron chi connectivity index (χ4n) is 2.31. The standard InChI is InChI=1S/C12H12BrN/c1-9-6-12(7-9,8-14)10-3-2-4-11(13)5-10/h2-5,9H,6-7H2,1H3/t9-,12+. The molecule has 1 saturated carbocycles. The number of benzene rings is 1. The molecule has 0 aromatic heterocycles. The first-order chi connectivity index (χ1) is 6.66. The number of nitrogens with zero attached hydrogens (tertiary/aromatic N) is 1. The van der Waals surface area contributed by atoms with E-state index in [1.807, 2.05) is 12.1 Å². The molecule has 0 saturated heterocycles. The van der Waals surface area contributed by atoms with E-state index in [4.69, 9.17) is 0 Å². The lowest BCUT2D eigenvalue weighted by molar-refractivity contribution is 0.217. The van der Waals surface area contributed by atoms with Gasteiger partial charge in [0.15, 0.2) is 0 Å². The van der Waals surface area contributed by atoms with Gasteiger partial charge in [-0.25, -0.2) is 0 Å². The van der Waals surface area contributed by atoms with Crippen molar-refractivity contribution in [3.8, 4) is 6.07 Å². The van der Waals surface area contributed by atoms with E-state index in [1.165, 1.54) is 0 Å². The molecule has 0 bridgehead atoms. The second-order valence-electron chi connectivity index (χ2n) is 4.22. The number of hydrogen-bond donors (Lipinski definition) is 0. The van der Waals surface area contributed by atoms with E-state index in [9.17, 15) is 5.26 Å². The first-order valence-corrected chi connectivity index (χ1v) is 5.63. The van der Waals surface area contributed by atoms with E-state index in [-0.39, 0.29) is 5.41 Å². The zero-order valence-electron chi connectivity index (χ0n) is 8.13. The topological polar surface area (TPSA) is 23.8 Å². The highest BCUT2D eigenvalue weighted by Crippen LogP contribution is 2.47. The summed E-state index contributed by atoms with van der Waals surface area (Å²) < 4.78 is 1.06. The summed E-state index contributed by atoms with van der Waals surface area (Å²) in [5.41, 5.74) is 0.955. The van der Waals surface area contributed by atoms with Gasteiger partial charge in [-0.2, -0.15) is 5.26 Å². The molecule has 0 N–H and O–H groups in total. The average molecular weight is 250 g/mol. The largest absolute Gasteiger partial charge is 0.197 e. The predicted molar refractivity (Wildman–Crippen MR) is 59.8 cm³/mol. The van der Waals surface area contributed by atoms with Gasteiger partial charge >= 0.3 is 0 Å². The van der Waals surface area contributed by atoms with Crippen molar-refractivity contribution in [3.05, 3.63) is 34.3 Å². The van der Waals surface area contributed by atoms with Crippen molar-refractivity contribution in [1.82, 2.24) is 0 Å². The van der Waals surface area contributed by atoms with Crippen LogP contribution in [0.2, 0.25) is 0 Å². The van der Waals surface area contributed by atoms with Gasteiger partial charge < -0.3 is 0 Å². The molecule has 1 aromatic carbocycles. The maximum atomic E-state index is 9.23. The summed E-state index contributed by atoms with van der Waals surface area (Å²) in [6, 6.07) is 10.6. The highest BCUT2D eigenvalue weighted by atomic mass is 79.9. The number of rotatable bonds is 1. The maximum absolute atomic E-state index is 9.23. The third kappa shape index (κ3) is 1.46. The molecule has 0 amide bonds. The normalized spacial score (nSPS) is 30.5. The molecule has 72 valence electrons. The van der Waals surface area contributed by atoms with Gasteiger partial charge in [0, 0.05) is 4.47 Å². The van der Waals surface area contributed by atoms with Gasteiger partial charge in [0.25, 0.3) is 0 Å². The fraction of sp³-hybridized carbons (Fsp3) is 0.417. The van der Waals surface area contributed by atoms with Crippen LogP contribution in [0.3, 0.4) is 0 Å². The molecule has 1 aliphatic rings. The smallest absolute Gasteiger partial charge is 0.0827 e. The first kappa shape index (κ1) is 9.73. The molecule has 14 heavy (non-hydrogen) atoms. The lowest BCUT2D eigenvalue weighted by Gasteiger charge is -2.41. The summed E-state index contributed by atoms with van der Waals surface area (Å²) in [4.78, 5) is 0. The Kier molecular flexibility index (Phi) is 2.36. The quantitative estimate of drug-likeness (QED) is 0.746. The summed E-state index contributed by atoms with van der Waals surface area (Å²) in [5, 5.41) is 9.23. The molecule has 1 aliphatic carbocycles. The van der Waals surface area contributed by atoms with E-state index < -0.39 is 0 Å². The zero-order valence-corrected chi connectivity index (χ0v) is 9.71. The number of halogens is 1. The summed E-state index contributed by atoms with van der Waals surface area (Å²) in [5.74, 6) is 0.689. The van der Waals surface area contributed by atoms with E-state index in [2.05, 4.69) is 41.1 Å². The maximum Gasteiger partial charge on any atom is 0.0827 e. The van der Waals surface area contributed by atoms with Crippen molar-refractivity contribution >= 4 is 15.9 Å². The van der Waals surface area contributed by atoms with Gasteiger partial charge in [0.05, 0.1) is 11.5 Å². The van der Waals surface area contributed by atoms with Crippen molar-refractivity contribution in [1.29, 1.82) is 5.26 Å². The van der Waals surface area contributed by atoms with E-state index in [0.717, 1.165) is 22.9 Å². The molecule has 1 aromatic rings. The van der Waals surface area contributed by atoms with E-state index in [1.54, 1.807) is 0 Å². The average Bonchev–Trinajstić information content (AvgIpc) is 2.12. The van der Waals surface area contributed by atoms with E-state index in [0.29, 0.717) is 5.92 Å². The van der Waals surface area contributed by atoms with Crippen LogP contribution in [0.25, 0.3) is 0 Å². The van der Waals surface area contributed by atoms with Gasteiger partial charge in [0.1, 0.15) is 0 Å². The molecule has 0 heterocycles. The molecule has 0 unspecified atom stereocenters. The Morgan fingerprint density at radius 2 is 2.21 bits per heavy atom. The Balaban J connectivity index is 2.35. The Morgan fingerprint density at radius 1 is 1.50 bits per heavy atom. The van der Waals surface area contributed by atoms with Crippen LogP contribution in [0, 0.1) is 17.2 Å².